The molecule has 1 amide bonds. The summed E-state index contributed by atoms with van der Waals surface area (Å²) in [5.74, 6) is -0.657. The minimum absolute atomic E-state index is 0. The van der Waals surface area contributed by atoms with Crippen LogP contribution in [0.4, 0.5) is 10.1 Å². The molecule has 0 bridgehead atoms. The number of nitrogens with one attached hydrogen (secondary N) is 1. The fourth-order valence-corrected chi connectivity index (χ4v) is 6.56. The Balaban J connectivity index is 0.00000210. The Morgan fingerprint density at radius 3 is 2.37 bits per heavy atom. The molecule has 1 saturated carbocycles. The fourth-order valence-electron chi connectivity index (χ4n) is 5.19. The van der Waals surface area contributed by atoms with Crippen LogP contribution in [-0.2, 0) is 20.0 Å². The predicted octanol–water partition coefficient (Wildman–Crippen LogP) is 2.57. The lowest BCUT2D eigenvalue weighted by molar-refractivity contribution is -0.121. The maximum atomic E-state index is 14.7. The summed E-state index contributed by atoms with van der Waals surface area (Å²) in [6.45, 7) is 1.38. The number of halogens is 2. The average Bonchev–Trinajstić information content (AvgIpc) is 3.20. The van der Waals surface area contributed by atoms with Gasteiger partial charge in [0.1, 0.15) is 5.82 Å². The van der Waals surface area contributed by atoms with Crippen molar-refractivity contribution in [2.75, 3.05) is 30.8 Å². The second-order valence-electron chi connectivity index (χ2n) is 8.03. The van der Waals surface area contributed by atoms with Crippen LogP contribution >= 0.6 is 12.4 Å². The van der Waals surface area contributed by atoms with Crippen molar-refractivity contribution < 1.29 is 17.6 Å². The molecule has 2 heterocycles. The highest BCUT2D eigenvalue weighted by molar-refractivity contribution is 7.92. The molecular formula is C19H26ClFN2O3S. The number of fused-ring (bicyclic) bond motifs is 2. The van der Waals surface area contributed by atoms with Crippen molar-refractivity contribution in [3.63, 3.8) is 0 Å². The molecule has 3 aliphatic rings. The van der Waals surface area contributed by atoms with Gasteiger partial charge in [-0.05, 0) is 50.9 Å². The molecule has 27 heavy (non-hydrogen) atoms. The molecule has 1 spiro atoms. The summed E-state index contributed by atoms with van der Waals surface area (Å²) in [6.07, 6.45) is 5.39. The number of anilines is 1. The summed E-state index contributed by atoms with van der Waals surface area (Å²) in [6, 6.07) is 4.82. The summed E-state index contributed by atoms with van der Waals surface area (Å²) in [5.41, 5.74) is 0.823. The molecule has 4 rings (SSSR count). The largest absolute Gasteiger partial charge is 0.317 e. The van der Waals surface area contributed by atoms with E-state index in [1.165, 1.54) is 6.07 Å². The van der Waals surface area contributed by atoms with Crippen LogP contribution in [0.25, 0.3) is 0 Å². The number of piperidine rings is 1. The van der Waals surface area contributed by atoms with E-state index in [4.69, 9.17) is 0 Å². The van der Waals surface area contributed by atoms with Gasteiger partial charge in [-0.25, -0.2) is 12.8 Å². The second-order valence-corrected chi connectivity index (χ2v) is 10.4. The minimum Gasteiger partial charge on any atom is -0.317 e. The first-order valence-electron chi connectivity index (χ1n) is 9.32. The topological polar surface area (TPSA) is 66.5 Å². The lowest BCUT2D eigenvalue weighted by Gasteiger charge is -2.38. The molecule has 0 atom stereocenters. The van der Waals surface area contributed by atoms with Crippen molar-refractivity contribution in [3.05, 3.63) is 29.6 Å². The SMILES string of the molecule is CS(=O)(=O)C1(C(=O)N2CC3(CCCC3)c3c(F)cccc32)CCNCC1.Cl. The molecule has 1 aliphatic carbocycles. The Hall–Kier alpha value is -1.18. The Labute approximate surface area is 166 Å². The van der Waals surface area contributed by atoms with Crippen LogP contribution in [0.2, 0.25) is 0 Å². The van der Waals surface area contributed by atoms with Gasteiger partial charge < -0.3 is 10.2 Å². The molecule has 8 heteroatoms. The van der Waals surface area contributed by atoms with Crippen LogP contribution < -0.4 is 10.2 Å². The fraction of sp³-hybridized carbons (Fsp3) is 0.632. The van der Waals surface area contributed by atoms with E-state index in [-0.39, 0.29) is 42.4 Å². The van der Waals surface area contributed by atoms with Gasteiger partial charge in [0.25, 0.3) is 0 Å². The second kappa shape index (κ2) is 7.01. The maximum Gasteiger partial charge on any atom is 0.248 e. The molecule has 1 aromatic rings. The highest BCUT2D eigenvalue weighted by Gasteiger charge is 2.55. The quantitative estimate of drug-likeness (QED) is 0.804. The first kappa shape index (κ1) is 20.6. The van der Waals surface area contributed by atoms with E-state index in [0.29, 0.717) is 30.9 Å². The molecule has 0 unspecified atom stereocenters. The minimum atomic E-state index is -3.60. The smallest absolute Gasteiger partial charge is 0.248 e. The number of rotatable bonds is 2. The highest BCUT2D eigenvalue weighted by Crippen LogP contribution is 2.52. The molecule has 2 aliphatic heterocycles. The Morgan fingerprint density at radius 2 is 1.78 bits per heavy atom. The number of carbonyl (C=O) groups excluding carboxylic acids is 1. The first-order chi connectivity index (χ1) is 12.3. The van der Waals surface area contributed by atoms with Crippen LogP contribution in [0.1, 0.15) is 44.1 Å². The molecule has 1 aromatic carbocycles. The standard InChI is InChI=1S/C19H25FN2O3S.ClH/c1-26(24,25)19(9-11-21-12-10-19)17(23)22-13-18(7-2-3-8-18)16-14(20)5-4-6-15(16)22;/h4-6,21H,2-3,7-13H2,1H3;1H. The van der Waals surface area contributed by atoms with Gasteiger partial charge in [-0.1, -0.05) is 18.9 Å². The molecule has 1 saturated heterocycles. The first-order valence-corrected chi connectivity index (χ1v) is 11.2. The number of hydrogen-bond acceptors (Lipinski definition) is 4. The third-order valence-corrected chi connectivity index (χ3v) is 8.59. The summed E-state index contributed by atoms with van der Waals surface area (Å²) in [7, 11) is -3.60. The van der Waals surface area contributed by atoms with E-state index >= 15 is 0 Å². The number of nitrogens with zero attached hydrogens (tertiary/aromatic N) is 1. The third-order valence-electron chi connectivity index (χ3n) is 6.59. The Kier molecular flexibility index (Phi) is 5.34. The maximum absolute atomic E-state index is 14.7. The van der Waals surface area contributed by atoms with Crippen molar-refractivity contribution in [2.45, 2.75) is 48.7 Å². The van der Waals surface area contributed by atoms with E-state index in [2.05, 4.69) is 5.32 Å². The van der Waals surface area contributed by atoms with Crippen molar-refractivity contribution in [2.24, 2.45) is 0 Å². The Morgan fingerprint density at radius 1 is 1.15 bits per heavy atom. The highest BCUT2D eigenvalue weighted by atomic mass is 35.5. The van der Waals surface area contributed by atoms with Crippen LogP contribution in [-0.4, -0.2) is 45.0 Å². The van der Waals surface area contributed by atoms with Gasteiger partial charge in [0.2, 0.25) is 5.91 Å². The van der Waals surface area contributed by atoms with E-state index in [9.17, 15) is 17.6 Å². The van der Waals surface area contributed by atoms with Gasteiger partial charge in [-0.15, -0.1) is 12.4 Å². The van der Waals surface area contributed by atoms with Gasteiger partial charge in [0, 0.05) is 23.8 Å². The third kappa shape index (κ3) is 2.98. The zero-order valence-corrected chi connectivity index (χ0v) is 17.1. The van der Waals surface area contributed by atoms with Crippen LogP contribution in [0.5, 0.6) is 0 Å². The monoisotopic (exact) mass is 416 g/mol. The summed E-state index contributed by atoms with van der Waals surface area (Å²) >= 11 is 0. The lowest BCUT2D eigenvalue weighted by atomic mass is 9.80. The molecule has 0 radical (unpaired) electrons. The van der Waals surface area contributed by atoms with E-state index in [1.54, 1.807) is 17.0 Å². The number of sulfone groups is 1. The van der Waals surface area contributed by atoms with E-state index < -0.39 is 14.6 Å². The van der Waals surface area contributed by atoms with Crippen molar-refractivity contribution in [1.29, 1.82) is 0 Å². The zero-order valence-electron chi connectivity index (χ0n) is 15.5. The summed E-state index contributed by atoms with van der Waals surface area (Å²) in [4.78, 5) is 15.2. The molecule has 2 fully saturated rings. The number of carbonyl (C=O) groups is 1. The van der Waals surface area contributed by atoms with E-state index in [0.717, 1.165) is 31.9 Å². The number of benzene rings is 1. The molecular weight excluding hydrogens is 391 g/mol. The summed E-state index contributed by atoms with van der Waals surface area (Å²) < 4.78 is 38.6. The van der Waals surface area contributed by atoms with Crippen molar-refractivity contribution >= 4 is 33.8 Å². The normalized spacial score (nSPS) is 23.1. The number of hydrogen-bond donors (Lipinski definition) is 1. The molecule has 0 aromatic heterocycles. The van der Waals surface area contributed by atoms with Gasteiger partial charge in [-0.2, -0.15) is 0 Å². The Bertz CT molecular complexity index is 847. The van der Waals surface area contributed by atoms with Crippen LogP contribution in [0, 0.1) is 5.82 Å². The predicted molar refractivity (Wildman–Crippen MR) is 106 cm³/mol. The summed E-state index contributed by atoms with van der Waals surface area (Å²) in [5, 5.41) is 3.14. The van der Waals surface area contributed by atoms with Gasteiger partial charge in [-0.3, -0.25) is 4.79 Å². The van der Waals surface area contributed by atoms with Crippen LogP contribution in [0.15, 0.2) is 18.2 Å². The van der Waals surface area contributed by atoms with E-state index in [1.807, 2.05) is 0 Å². The van der Waals surface area contributed by atoms with Crippen molar-refractivity contribution in [3.8, 4) is 0 Å². The van der Waals surface area contributed by atoms with Gasteiger partial charge in [0.05, 0.1) is 5.69 Å². The average molecular weight is 417 g/mol. The number of amides is 1. The zero-order chi connectivity index (χ0) is 18.6. The molecule has 1 N–H and O–H groups in total. The molecule has 5 nitrogen and oxygen atoms in total. The molecule has 150 valence electrons. The van der Waals surface area contributed by atoms with Gasteiger partial charge >= 0.3 is 0 Å². The van der Waals surface area contributed by atoms with Crippen molar-refractivity contribution in [1.82, 2.24) is 5.32 Å². The van der Waals surface area contributed by atoms with Gasteiger partial charge in [0.15, 0.2) is 14.6 Å². The lowest BCUT2D eigenvalue weighted by Crippen LogP contribution is -2.58. The van der Waals surface area contributed by atoms with Crippen LogP contribution in [0.3, 0.4) is 0 Å².